The number of benzene rings is 10. The van der Waals surface area contributed by atoms with E-state index in [0.29, 0.717) is 0 Å². The van der Waals surface area contributed by atoms with Gasteiger partial charge in [0.2, 0.25) is 0 Å². The summed E-state index contributed by atoms with van der Waals surface area (Å²) in [5, 5.41) is 7.56. The fourth-order valence-corrected chi connectivity index (χ4v) is 10.4. The first-order valence-corrected chi connectivity index (χ1v) is 21.6. The monoisotopic (exact) mass is 794 g/mol. The van der Waals surface area contributed by atoms with Crippen molar-refractivity contribution in [1.29, 1.82) is 0 Å². The Kier molecular flexibility index (Phi) is 8.39. The van der Waals surface area contributed by atoms with E-state index in [2.05, 4.69) is 240 Å². The van der Waals surface area contributed by atoms with Crippen LogP contribution in [0.25, 0.3) is 91.8 Å². The van der Waals surface area contributed by atoms with Gasteiger partial charge in [-0.1, -0.05) is 152 Å². The van der Waals surface area contributed by atoms with Gasteiger partial charge in [-0.3, -0.25) is 0 Å². The Hall–Kier alpha value is -7.72. The molecule has 12 rings (SSSR count). The van der Waals surface area contributed by atoms with Crippen LogP contribution in [0.2, 0.25) is 0 Å². The number of aromatic nitrogens is 1. The molecule has 0 unspecified atom stereocenters. The van der Waals surface area contributed by atoms with Crippen LogP contribution >= 0.6 is 11.3 Å². The van der Waals surface area contributed by atoms with E-state index in [4.69, 9.17) is 0 Å². The standard InChI is InChI=1S/C58H38N2S/c1-3-12-39(13-4-1)40-24-30-47(31-25-40)59(48-32-26-41(27-33-48)50-18-11-19-53-52-17-8-10-21-57(52)61-58(50)53)49-34-28-43-36-42(22-23-44(43)37-49)45-29-35-56-54(38-45)51-16-7-9-20-55(51)60(56)46-14-5-2-6-15-46/h1-38H. The van der Waals surface area contributed by atoms with Crippen molar-refractivity contribution in [3.05, 3.63) is 231 Å². The van der Waals surface area contributed by atoms with Gasteiger partial charge in [0.05, 0.1) is 11.0 Å². The molecule has 0 radical (unpaired) electrons. The zero-order valence-corrected chi connectivity index (χ0v) is 34.1. The second-order valence-electron chi connectivity index (χ2n) is 15.7. The summed E-state index contributed by atoms with van der Waals surface area (Å²) in [4.78, 5) is 2.38. The minimum atomic E-state index is 1.11. The molecule has 0 spiro atoms. The van der Waals surface area contributed by atoms with Crippen molar-refractivity contribution in [1.82, 2.24) is 4.57 Å². The molecular formula is C58H38N2S. The Morgan fingerprint density at radius 1 is 0.328 bits per heavy atom. The van der Waals surface area contributed by atoms with Crippen molar-refractivity contribution in [2.45, 2.75) is 0 Å². The molecule has 0 saturated carbocycles. The predicted octanol–water partition coefficient (Wildman–Crippen LogP) is 16.8. The minimum absolute atomic E-state index is 1.11. The van der Waals surface area contributed by atoms with E-state index in [1.807, 2.05) is 11.3 Å². The number of thiophene rings is 1. The second-order valence-corrected chi connectivity index (χ2v) is 16.8. The molecule has 0 atom stereocenters. The zero-order valence-electron chi connectivity index (χ0n) is 33.2. The summed E-state index contributed by atoms with van der Waals surface area (Å²) >= 11 is 1.88. The van der Waals surface area contributed by atoms with Crippen molar-refractivity contribution in [2.24, 2.45) is 0 Å². The van der Waals surface area contributed by atoms with E-state index in [9.17, 15) is 0 Å². The lowest BCUT2D eigenvalue weighted by molar-refractivity contribution is 1.18. The van der Waals surface area contributed by atoms with Gasteiger partial charge in [0.15, 0.2) is 0 Å². The molecule has 0 aliphatic rings. The van der Waals surface area contributed by atoms with E-state index in [0.717, 1.165) is 17.1 Å². The highest BCUT2D eigenvalue weighted by Gasteiger charge is 2.17. The molecule has 0 amide bonds. The van der Waals surface area contributed by atoms with Crippen molar-refractivity contribution in [2.75, 3.05) is 4.90 Å². The molecular weight excluding hydrogens is 757 g/mol. The van der Waals surface area contributed by atoms with Crippen LogP contribution in [0.3, 0.4) is 0 Å². The van der Waals surface area contributed by atoms with Crippen molar-refractivity contribution < 1.29 is 0 Å². The fourth-order valence-electron chi connectivity index (χ4n) is 9.20. The first-order chi connectivity index (χ1) is 30.2. The molecule has 61 heavy (non-hydrogen) atoms. The average molecular weight is 795 g/mol. The fraction of sp³-hybridized carbons (Fsp3) is 0. The van der Waals surface area contributed by atoms with E-state index in [1.54, 1.807) is 0 Å². The molecule has 0 bridgehead atoms. The minimum Gasteiger partial charge on any atom is -0.310 e. The maximum absolute atomic E-state index is 2.38. The predicted molar refractivity (Wildman–Crippen MR) is 262 cm³/mol. The molecule has 0 fully saturated rings. The van der Waals surface area contributed by atoms with Crippen molar-refractivity contribution in [3.63, 3.8) is 0 Å². The Bertz CT molecular complexity index is 3560. The topological polar surface area (TPSA) is 8.17 Å². The van der Waals surface area contributed by atoms with Gasteiger partial charge in [0.25, 0.3) is 0 Å². The molecule has 2 heterocycles. The number of nitrogens with zero attached hydrogens (tertiary/aromatic N) is 2. The second kappa shape index (κ2) is 14.5. The third-order valence-electron chi connectivity index (χ3n) is 12.2. The molecule has 12 aromatic rings. The first kappa shape index (κ1) is 35.2. The van der Waals surface area contributed by atoms with Gasteiger partial charge in [-0.2, -0.15) is 0 Å². The summed E-state index contributed by atoms with van der Waals surface area (Å²) < 4.78 is 5.03. The molecule has 286 valence electrons. The number of anilines is 3. The summed E-state index contributed by atoms with van der Waals surface area (Å²) in [7, 11) is 0. The van der Waals surface area contributed by atoms with E-state index in [-0.39, 0.29) is 0 Å². The SMILES string of the molecule is c1ccc(-c2ccc(N(c3ccc(-c4cccc5c4sc4ccccc45)cc3)c3ccc4cc(-c5ccc6c(c5)c5ccccc5n6-c5ccccc5)ccc4c3)cc2)cc1. The number of rotatable bonds is 7. The molecule has 0 aliphatic heterocycles. The summed E-state index contributed by atoms with van der Waals surface area (Å²) in [6, 6.07) is 84.1. The van der Waals surface area contributed by atoms with Crippen LogP contribution in [0.5, 0.6) is 0 Å². The van der Waals surface area contributed by atoms with Crippen LogP contribution in [0, 0.1) is 0 Å². The van der Waals surface area contributed by atoms with Crippen LogP contribution in [0.4, 0.5) is 17.1 Å². The summed E-state index contributed by atoms with van der Waals surface area (Å²) in [6.07, 6.45) is 0. The Balaban J connectivity index is 0.931. The van der Waals surface area contributed by atoms with Gasteiger partial charge in [-0.05, 0) is 123 Å². The van der Waals surface area contributed by atoms with Crippen LogP contribution in [-0.2, 0) is 0 Å². The highest BCUT2D eigenvalue weighted by atomic mass is 32.1. The van der Waals surface area contributed by atoms with Crippen LogP contribution < -0.4 is 4.90 Å². The molecule has 2 nitrogen and oxygen atoms in total. The van der Waals surface area contributed by atoms with Crippen LogP contribution in [0.15, 0.2) is 231 Å². The van der Waals surface area contributed by atoms with Gasteiger partial charge in [0.1, 0.15) is 0 Å². The Morgan fingerprint density at radius 2 is 0.885 bits per heavy atom. The van der Waals surface area contributed by atoms with Crippen LogP contribution in [-0.4, -0.2) is 4.57 Å². The molecule has 10 aromatic carbocycles. The highest BCUT2D eigenvalue weighted by Crippen LogP contribution is 2.43. The number of hydrogen-bond acceptors (Lipinski definition) is 2. The Labute approximate surface area is 358 Å². The van der Waals surface area contributed by atoms with Crippen molar-refractivity contribution in [3.8, 4) is 39.1 Å². The van der Waals surface area contributed by atoms with Gasteiger partial charge >= 0.3 is 0 Å². The Morgan fingerprint density at radius 3 is 1.69 bits per heavy atom. The smallest absolute Gasteiger partial charge is 0.0541 e. The maximum Gasteiger partial charge on any atom is 0.0541 e. The molecule has 0 N–H and O–H groups in total. The summed E-state index contributed by atoms with van der Waals surface area (Å²) in [5.41, 5.74) is 14.2. The zero-order chi connectivity index (χ0) is 40.3. The van der Waals surface area contributed by atoms with Crippen molar-refractivity contribution >= 4 is 81.1 Å². The summed E-state index contributed by atoms with van der Waals surface area (Å²) in [6.45, 7) is 0. The third kappa shape index (κ3) is 6.09. The molecule has 3 heteroatoms. The van der Waals surface area contributed by atoms with Gasteiger partial charge in [-0.15, -0.1) is 11.3 Å². The largest absolute Gasteiger partial charge is 0.310 e. The van der Waals surface area contributed by atoms with E-state index >= 15 is 0 Å². The lowest BCUT2D eigenvalue weighted by atomic mass is 9.99. The average Bonchev–Trinajstić information content (AvgIpc) is 3.88. The third-order valence-corrected chi connectivity index (χ3v) is 13.4. The van der Waals surface area contributed by atoms with Gasteiger partial charge in [0, 0.05) is 53.7 Å². The molecule has 0 aliphatic carbocycles. The number of fused-ring (bicyclic) bond motifs is 7. The number of para-hydroxylation sites is 2. The lowest BCUT2D eigenvalue weighted by Crippen LogP contribution is -2.09. The normalized spacial score (nSPS) is 11.6. The number of hydrogen-bond donors (Lipinski definition) is 0. The van der Waals surface area contributed by atoms with Crippen LogP contribution in [0.1, 0.15) is 0 Å². The van der Waals surface area contributed by atoms with E-state index in [1.165, 1.54) is 91.8 Å². The molecule has 0 saturated heterocycles. The van der Waals surface area contributed by atoms with Gasteiger partial charge < -0.3 is 9.47 Å². The quantitative estimate of drug-likeness (QED) is 0.156. The molecule has 2 aromatic heterocycles. The van der Waals surface area contributed by atoms with E-state index < -0.39 is 0 Å². The summed E-state index contributed by atoms with van der Waals surface area (Å²) in [5.74, 6) is 0. The van der Waals surface area contributed by atoms with Gasteiger partial charge in [-0.25, -0.2) is 0 Å². The highest BCUT2D eigenvalue weighted by molar-refractivity contribution is 7.26. The lowest BCUT2D eigenvalue weighted by Gasteiger charge is -2.26. The maximum atomic E-state index is 2.38. The first-order valence-electron chi connectivity index (χ1n) is 20.8.